The van der Waals surface area contributed by atoms with Gasteiger partial charge in [-0.2, -0.15) is 0 Å². The summed E-state index contributed by atoms with van der Waals surface area (Å²) in [6, 6.07) is 5.72. The van der Waals surface area contributed by atoms with Crippen LogP contribution in [0.25, 0.3) is 11.1 Å². The Morgan fingerprint density at radius 1 is 1.10 bits per heavy atom. The topological polar surface area (TPSA) is 102 Å². The largest absolute Gasteiger partial charge is 0.497 e. The molecule has 8 heteroatoms. The van der Waals surface area contributed by atoms with Crippen molar-refractivity contribution < 1.29 is 29.0 Å². The van der Waals surface area contributed by atoms with E-state index >= 15 is 0 Å². The van der Waals surface area contributed by atoms with E-state index in [-0.39, 0.29) is 0 Å². The van der Waals surface area contributed by atoms with Gasteiger partial charge in [-0.05, 0) is 48.9 Å². The summed E-state index contributed by atoms with van der Waals surface area (Å²) in [5.74, 6) is -2.65. The number of fused-ring (bicyclic) bond motifs is 3. The highest BCUT2D eigenvalue weighted by molar-refractivity contribution is 7.17. The van der Waals surface area contributed by atoms with Crippen LogP contribution < -0.4 is 10.1 Å². The van der Waals surface area contributed by atoms with Crippen LogP contribution >= 0.6 is 11.3 Å². The van der Waals surface area contributed by atoms with Gasteiger partial charge in [-0.15, -0.1) is 11.3 Å². The fraction of sp³-hybridized carbons (Fsp3) is 0.348. The first-order valence-electron chi connectivity index (χ1n) is 10.0. The first-order chi connectivity index (χ1) is 14.9. The van der Waals surface area contributed by atoms with E-state index < -0.39 is 29.7 Å². The third-order valence-electron chi connectivity index (χ3n) is 5.90. The number of nitrogens with one attached hydrogen (secondary N) is 1. The van der Waals surface area contributed by atoms with Crippen LogP contribution in [-0.4, -0.2) is 37.2 Å². The maximum absolute atomic E-state index is 13.0. The Morgan fingerprint density at radius 3 is 2.52 bits per heavy atom. The summed E-state index contributed by atoms with van der Waals surface area (Å²) in [7, 11) is 2.92. The zero-order valence-corrected chi connectivity index (χ0v) is 18.1. The number of carboxylic acids is 1. The van der Waals surface area contributed by atoms with E-state index in [1.165, 1.54) is 18.4 Å². The fourth-order valence-corrected chi connectivity index (χ4v) is 5.51. The number of aryl methyl sites for hydroxylation is 2. The number of benzene rings is 1. The van der Waals surface area contributed by atoms with Crippen LogP contribution in [-0.2, 0) is 27.2 Å². The zero-order valence-electron chi connectivity index (χ0n) is 17.3. The number of ether oxygens (including phenoxy) is 2. The lowest BCUT2D eigenvalue weighted by Gasteiger charge is -2.24. The number of aliphatic carboxylic acids is 1. The number of carboxylic acid groups (broad SMARTS) is 1. The number of thiophene rings is 1. The van der Waals surface area contributed by atoms with Gasteiger partial charge in [-0.25, -0.2) is 4.79 Å². The van der Waals surface area contributed by atoms with Gasteiger partial charge in [-0.3, -0.25) is 9.59 Å². The van der Waals surface area contributed by atoms with Crippen LogP contribution in [0.5, 0.6) is 5.75 Å². The molecule has 162 valence electrons. The van der Waals surface area contributed by atoms with Gasteiger partial charge in [0.05, 0.1) is 26.1 Å². The number of amides is 1. The molecule has 2 N–H and O–H groups in total. The average Bonchev–Trinajstić information content (AvgIpc) is 3.16. The van der Waals surface area contributed by atoms with Crippen molar-refractivity contribution in [2.75, 3.05) is 19.5 Å². The predicted octanol–water partition coefficient (Wildman–Crippen LogP) is 3.91. The predicted molar refractivity (Wildman–Crippen MR) is 117 cm³/mol. The van der Waals surface area contributed by atoms with E-state index in [9.17, 15) is 19.5 Å². The lowest BCUT2D eigenvalue weighted by atomic mass is 9.82. The monoisotopic (exact) mass is 441 g/mol. The molecular weight excluding hydrogens is 418 g/mol. The molecule has 2 aromatic rings. The first-order valence-corrected chi connectivity index (χ1v) is 10.9. The van der Waals surface area contributed by atoms with Crippen molar-refractivity contribution in [3.05, 3.63) is 46.4 Å². The number of hydrogen-bond donors (Lipinski definition) is 2. The Balaban J connectivity index is 1.73. The molecule has 0 unspecified atom stereocenters. The van der Waals surface area contributed by atoms with Gasteiger partial charge >= 0.3 is 11.9 Å². The Bertz CT molecular complexity index is 1090. The summed E-state index contributed by atoms with van der Waals surface area (Å²) in [4.78, 5) is 38.3. The maximum Gasteiger partial charge on any atom is 0.341 e. The molecule has 0 bridgehead atoms. The summed E-state index contributed by atoms with van der Waals surface area (Å²) in [6.07, 6.45) is 5.80. The fourth-order valence-electron chi connectivity index (χ4n) is 4.30. The summed E-state index contributed by atoms with van der Waals surface area (Å²) in [5, 5.41) is 12.7. The van der Waals surface area contributed by atoms with Gasteiger partial charge in [0.1, 0.15) is 16.3 Å². The van der Waals surface area contributed by atoms with E-state index in [1.54, 1.807) is 13.2 Å². The number of carbonyl (C=O) groups excluding carboxylic acids is 2. The number of hydrogen-bond acceptors (Lipinski definition) is 6. The third kappa shape index (κ3) is 3.83. The van der Waals surface area contributed by atoms with Gasteiger partial charge in [0.2, 0.25) is 5.91 Å². The molecule has 1 aromatic carbocycles. The SMILES string of the molecule is COC(=O)c1c(NC(=O)[C@H]2CC=CC[C@@H]2C(=O)O)sc2c1-c1ccc(OC)cc1CC2. The molecule has 4 rings (SSSR count). The molecule has 2 aliphatic rings. The smallest absolute Gasteiger partial charge is 0.341 e. The molecule has 0 radical (unpaired) electrons. The molecule has 0 fully saturated rings. The van der Waals surface area contributed by atoms with Crippen molar-refractivity contribution >= 4 is 34.2 Å². The number of anilines is 1. The molecule has 1 amide bonds. The van der Waals surface area contributed by atoms with E-state index in [0.29, 0.717) is 23.4 Å². The summed E-state index contributed by atoms with van der Waals surface area (Å²) >= 11 is 1.35. The lowest BCUT2D eigenvalue weighted by Crippen LogP contribution is -2.34. The second-order valence-electron chi connectivity index (χ2n) is 7.60. The van der Waals surface area contributed by atoms with Crippen LogP contribution in [0.1, 0.15) is 33.6 Å². The van der Waals surface area contributed by atoms with Crippen LogP contribution in [0.15, 0.2) is 30.4 Å². The second kappa shape index (κ2) is 8.55. The van der Waals surface area contributed by atoms with Gasteiger partial charge < -0.3 is 19.9 Å². The third-order valence-corrected chi connectivity index (χ3v) is 7.06. The first kappa shape index (κ1) is 21.1. The summed E-state index contributed by atoms with van der Waals surface area (Å²) in [5.41, 5.74) is 3.08. The highest BCUT2D eigenvalue weighted by Crippen LogP contribution is 2.46. The molecule has 31 heavy (non-hydrogen) atoms. The molecule has 7 nitrogen and oxygen atoms in total. The van der Waals surface area contributed by atoms with Crippen LogP contribution in [0.3, 0.4) is 0 Å². The Morgan fingerprint density at radius 2 is 1.84 bits per heavy atom. The van der Waals surface area contributed by atoms with E-state index in [4.69, 9.17) is 9.47 Å². The molecule has 1 aromatic heterocycles. The number of methoxy groups -OCH3 is 2. The number of carbonyl (C=O) groups is 3. The number of esters is 1. The van der Waals surface area contributed by atoms with Crippen molar-refractivity contribution in [2.45, 2.75) is 25.7 Å². The Labute approximate surface area is 183 Å². The highest BCUT2D eigenvalue weighted by Gasteiger charge is 2.36. The molecule has 2 atom stereocenters. The molecule has 0 aliphatic heterocycles. The van der Waals surface area contributed by atoms with E-state index in [2.05, 4.69) is 5.32 Å². The minimum atomic E-state index is -0.994. The Hall–Kier alpha value is -3.13. The number of allylic oxidation sites excluding steroid dienone is 2. The van der Waals surface area contributed by atoms with E-state index in [1.807, 2.05) is 24.3 Å². The molecule has 0 saturated heterocycles. The van der Waals surface area contributed by atoms with Crippen LogP contribution in [0.4, 0.5) is 5.00 Å². The highest BCUT2D eigenvalue weighted by atomic mass is 32.1. The molecule has 0 saturated carbocycles. The summed E-state index contributed by atoms with van der Waals surface area (Å²) in [6.45, 7) is 0. The van der Waals surface area contributed by atoms with Crippen molar-refractivity contribution in [3.8, 4) is 16.9 Å². The zero-order chi connectivity index (χ0) is 22.1. The normalized spacial score (nSPS) is 19.2. The summed E-state index contributed by atoms with van der Waals surface area (Å²) < 4.78 is 10.4. The van der Waals surface area contributed by atoms with Crippen molar-refractivity contribution in [3.63, 3.8) is 0 Å². The van der Waals surface area contributed by atoms with Gasteiger partial charge in [0, 0.05) is 10.4 Å². The standard InChI is InChI=1S/C23H23NO6S/c1-29-13-8-9-14-12(11-13)7-10-17-18(14)19(23(28)30-2)21(31-17)24-20(25)15-5-3-4-6-16(15)22(26)27/h3-4,8-9,11,15-16H,5-7,10H2,1-2H3,(H,24,25)(H,26,27)/t15-,16-/m0/s1. The molecule has 1 heterocycles. The van der Waals surface area contributed by atoms with Gasteiger partial charge in [0.15, 0.2) is 0 Å². The Kier molecular flexibility index (Phi) is 5.82. The number of rotatable bonds is 5. The van der Waals surface area contributed by atoms with E-state index in [0.717, 1.165) is 40.2 Å². The molecule has 0 spiro atoms. The van der Waals surface area contributed by atoms with Crippen molar-refractivity contribution in [1.29, 1.82) is 0 Å². The maximum atomic E-state index is 13.0. The van der Waals surface area contributed by atoms with Crippen LogP contribution in [0.2, 0.25) is 0 Å². The minimum absolute atomic E-state index is 0.313. The average molecular weight is 442 g/mol. The van der Waals surface area contributed by atoms with Crippen LogP contribution in [0, 0.1) is 11.8 Å². The molecule has 2 aliphatic carbocycles. The second-order valence-corrected chi connectivity index (χ2v) is 8.71. The minimum Gasteiger partial charge on any atom is -0.497 e. The lowest BCUT2D eigenvalue weighted by molar-refractivity contribution is -0.146. The van der Waals surface area contributed by atoms with Crippen molar-refractivity contribution in [2.24, 2.45) is 11.8 Å². The van der Waals surface area contributed by atoms with Gasteiger partial charge in [-0.1, -0.05) is 18.2 Å². The quantitative estimate of drug-likeness (QED) is 0.539. The van der Waals surface area contributed by atoms with Crippen molar-refractivity contribution in [1.82, 2.24) is 0 Å². The van der Waals surface area contributed by atoms with Gasteiger partial charge in [0.25, 0.3) is 0 Å². The molecular formula is C23H23NO6S.